The van der Waals surface area contributed by atoms with Gasteiger partial charge in [0.05, 0.1) is 23.6 Å². The molecule has 1 unspecified atom stereocenters. The molecule has 0 spiro atoms. The third-order valence-corrected chi connectivity index (χ3v) is 5.84. The standard InChI is InChI=1S/C26H22N2O6/c1-15-4-13-21(16(2)14-15)27-23(17-7-11-20(34-3)12-8-17)22(25(30)26(27)31)24(29)18-5-9-19(10-6-18)28(32)33/h4-14,23,29H,1-3H3/b24-22+. The van der Waals surface area contributed by atoms with E-state index in [-0.39, 0.29) is 16.8 Å². The summed E-state index contributed by atoms with van der Waals surface area (Å²) in [6.07, 6.45) is 0. The highest BCUT2D eigenvalue weighted by molar-refractivity contribution is 6.51. The highest BCUT2D eigenvalue weighted by Crippen LogP contribution is 2.43. The van der Waals surface area contributed by atoms with E-state index in [1.54, 1.807) is 30.3 Å². The number of aliphatic hydroxyl groups is 1. The lowest BCUT2D eigenvalue weighted by Gasteiger charge is -2.27. The Labute approximate surface area is 195 Å². The zero-order chi connectivity index (χ0) is 24.6. The highest BCUT2D eigenvalue weighted by atomic mass is 16.6. The minimum atomic E-state index is -0.900. The van der Waals surface area contributed by atoms with Gasteiger partial charge in [0.25, 0.3) is 17.4 Å². The summed E-state index contributed by atoms with van der Waals surface area (Å²) in [5.74, 6) is -1.41. The summed E-state index contributed by atoms with van der Waals surface area (Å²) in [6.45, 7) is 3.78. The molecule has 1 amide bonds. The molecule has 1 aliphatic rings. The molecule has 1 saturated heterocycles. The smallest absolute Gasteiger partial charge is 0.300 e. The topological polar surface area (TPSA) is 110 Å². The van der Waals surface area contributed by atoms with Gasteiger partial charge in [-0.1, -0.05) is 29.8 Å². The van der Waals surface area contributed by atoms with Crippen LogP contribution < -0.4 is 9.64 Å². The first kappa shape index (κ1) is 22.7. The number of ketones is 1. The second kappa shape index (κ2) is 8.82. The van der Waals surface area contributed by atoms with E-state index in [0.717, 1.165) is 11.1 Å². The maximum Gasteiger partial charge on any atom is 0.300 e. The number of aryl methyl sites for hydroxylation is 2. The summed E-state index contributed by atoms with van der Waals surface area (Å²) >= 11 is 0. The van der Waals surface area contributed by atoms with Crippen LogP contribution in [-0.2, 0) is 9.59 Å². The monoisotopic (exact) mass is 458 g/mol. The number of hydrogen-bond donors (Lipinski definition) is 1. The Bertz CT molecular complexity index is 1330. The normalized spacial score (nSPS) is 17.1. The van der Waals surface area contributed by atoms with Crippen molar-refractivity contribution in [1.82, 2.24) is 0 Å². The summed E-state index contributed by atoms with van der Waals surface area (Å²) < 4.78 is 5.23. The molecule has 34 heavy (non-hydrogen) atoms. The second-order valence-corrected chi connectivity index (χ2v) is 8.04. The van der Waals surface area contributed by atoms with Crippen LogP contribution in [0.1, 0.15) is 28.3 Å². The zero-order valence-electron chi connectivity index (χ0n) is 18.8. The van der Waals surface area contributed by atoms with Crippen LogP contribution in [0.3, 0.4) is 0 Å². The largest absolute Gasteiger partial charge is 0.507 e. The van der Waals surface area contributed by atoms with E-state index in [1.165, 1.54) is 36.3 Å². The van der Waals surface area contributed by atoms with Gasteiger partial charge < -0.3 is 9.84 Å². The van der Waals surface area contributed by atoms with Gasteiger partial charge in [-0.2, -0.15) is 0 Å². The molecule has 1 atom stereocenters. The molecule has 0 aliphatic carbocycles. The predicted molar refractivity (Wildman–Crippen MR) is 127 cm³/mol. The van der Waals surface area contributed by atoms with E-state index in [0.29, 0.717) is 17.0 Å². The van der Waals surface area contributed by atoms with E-state index in [4.69, 9.17) is 4.74 Å². The summed E-state index contributed by atoms with van der Waals surface area (Å²) in [5.41, 5.74) is 2.91. The van der Waals surface area contributed by atoms with Gasteiger partial charge in [-0.15, -0.1) is 0 Å². The number of nitro groups is 1. The number of carbonyl (C=O) groups excluding carboxylic acids is 2. The van der Waals surface area contributed by atoms with Crippen molar-refractivity contribution < 1.29 is 24.4 Å². The molecule has 1 aliphatic heterocycles. The molecule has 4 rings (SSSR count). The van der Waals surface area contributed by atoms with Crippen LogP contribution in [0.4, 0.5) is 11.4 Å². The summed E-state index contributed by atoms with van der Waals surface area (Å²) in [7, 11) is 1.53. The number of nitrogens with zero attached hydrogens (tertiary/aromatic N) is 2. The lowest BCUT2D eigenvalue weighted by Crippen LogP contribution is -2.30. The Hall–Kier alpha value is -4.46. The van der Waals surface area contributed by atoms with Crippen molar-refractivity contribution in [3.63, 3.8) is 0 Å². The quantitative estimate of drug-likeness (QED) is 0.192. The summed E-state index contributed by atoms with van der Waals surface area (Å²) in [4.78, 5) is 38.3. The van der Waals surface area contributed by atoms with Gasteiger partial charge in [-0.25, -0.2) is 0 Å². The molecule has 0 saturated carbocycles. The van der Waals surface area contributed by atoms with Crippen LogP contribution in [0.2, 0.25) is 0 Å². The van der Waals surface area contributed by atoms with Crippen molar-refractivity contribution in [1.29, 1.82) is 0 Å². The Morgan fingerprint density at radius 3 is 2.21 bits per heavy atom. The number of hydrogen-bond acceptors (Lipinski definition) is 6. The number of Topliss-reactive ketones (excluding diaryl/α,β-unsaturated/α-hetero) is 1. The van der Waals surface area contributed by atoms with Gasteiger partial charge in [0.1, 0.15) is 11.5 Å². The lowest BCUT2D eigenvalue weighted by molar-refractivity contribution is -0.384. The van der Waals surface area contributed by atoms with E-state index >= 15 is 0 Å². The fourth-order valence-corrected chi connectivity index (χ4v) is 4.15. The molecule has 0 bridgehead atoms. The van der Waals surface area contributed by atoms with Gasteiger partial charge in [0, 0.05) is 23.4 Å². The number of rotatable bonds is 5. The van der Waals surface area contributed by atoms with Gasteiger partial charge >= 0.3 is 0 Å². The molecule has 0 aromatic heterocycles. The molecule has 1 N–H and O–H groups in total. The average Bonchev–Trinajstić information content (AvgIpc) is 3.09. The molecule has 172 valence electrons. The SMILES string of the molecule is COc1ccc(C2/C(=C(\O)c3ccc([N+](=O)[O-])cc3)C(=O)C(=O)N2c2ccc(C)cc2C)cc1. The Balaban J connectivity index is 1.93. The molecular formula is C26H22N2O6. The Kier molecular flexibility index (Phi) is 5.89. The molecule has 1 heterocycles. The van der Waals surface area contributed by atoms with Crippen LogP contribution in [-0.4, -0.2) is 28.8 Å². The average molecular weight is 458 g/mol. The van der Waals surface area contributed by atoms with E-state index in [2.05, 4.69) is 0 Å². The van der Waals surface area contributed by atoms with E-state index < -0.39 is 28.4 Å². The maximum absolute atomic E-state index is 13.3. The molecule has 0 radical (unpaired) electrons. The van der Waals surface area contributed by atoms with Gasteiger partial charge in [0.15, 0.2) is 0 Å². The minimum Gasteiger partial charge on any atom is -0.507 e. The number of aliphatic hydroxyl groups excluding tert-OH is 1. The van der Waals surface area contributed by atoms with Crippen molar-refractivity contribution >= 4 is 28.8 Å². The van der Waals surface area contributed by atoms with Crippen LogP contribution in [0, 0.1) is 24.0 Å². The van der Waals surface area contributed by atoms with Crippen LogP contribution in [0.15, 0.2) is 72.3 Å². The van der Waals surface area contributed by atoms with E-state index in [1.807, 2.05) is 26.0 Å². The third-order valence-electron chi connectivity index (χ3n) is 5.84. The number of amides is 1. The van der Waals surface area contributed by atoms with Crippen LogP contribution in [0.5, 0.6) is 5.75 Å². The molecule has 8 heteroatoms. The number of ether oxygens (including phenoxy) is 1. The van der Waals surface area contributed by atoms with Crippen molar-refractivity contribution in [3.05, 3.63) is 105 Å². The summed E-state index contributed by atoms with van der Waals surface area (Å²) in [6, 6.07) is 16.7. The molecular weight excluding hydrogens is 436 g/mol. The molecule has 3 aromatic rings. The Morgan fingerprint density at radius 2 is 1.65 bits per heavy atom. The first-order chi connectivity index (χ1) is 16.2. The Morgan fingerprint density at radius 1 is 1.00 bits per heavy atom. The van der Waals surface area contributed by atoms with Gasteiger partial charge in [-0.05, 0) is 55.3 Å². The minimum absolute atomic E-state index is 0.0935. The summed E-state index contributed by atoms with van der Waals surface area (Å²) in [5, 5.41) is 22.1. The second-order valence-electron chi connectivity index (χ2n) is 8.04. The van der Waals surface area contributed by atoms with Gasteiger partial charge in [-0.3, -0.25) is 24.6 Å². The van der Waals surface area contributed by atoms with Crippen LogP contribution >= 0.6 is 0 Å². The van der Waals surface area contributed by atoms with Crippen molar-refractivity contribution in [2.24, 2.45) is 0 Å². The lowest BCUT2D eigenvalue weighted by atomic mass is 9.94. The fraction of sp³-hybridized carbons (Fsp3) is 0.154. The molecule has 8 nitrogen and oxygen atoms in total. The van der Waals surface area contributed by atoms with Gasteiger partial charge in [0.2, 0.25) is 0 Å². The first-order valence-electron chi connectivity index (χ1n) is 10.5. The fourth-order valence-electron chi connectivity index (χ4n) is 4.15. The molecule has 1 fully saturated rings. The number of anilines is 1. The maximum atomic E-state index is 13.3. The number of benzene rings is 3. The number of carbonyl (C=O) groups is 2. The number of nitro benzene ring substituents is 1. The number of non-ortho nitro benzene ring substituents is 1. The van der Waals surface area contributed by atoms with Crippen molar-refractivity contribution in [2.45, 2.75) is 19.9 Å². The number of methoxy groups -OCH3 is 1. The van der Waals surface area contributed by atoms with Crippen LogP contribution in [0.25, 0.3) is 5.76 Å². The van der Waals surface area contributed by atoms with Crippen molar-refractivity contribution in [2.75, 3.05) is 12.0 Å². The predicted octanol–water partition coefficient (Wildman–Crippen LogP) is 4.85. The molecule has 3 aromatic carbocycles. The highest BCUT2D eigenvalue weighted by Gasteiger charge is 2.47. The first-order valence-corrected chi connectivity index (χ1v) is 10.5. The third kappa shape index (κ3) is 3.90. The van der Waals surface area contributed by atoms with Crippen molar-refractivity contribution in [3.8, 4) is 5.75 Å². The van der Waals surface area contributed by atoms with E-state index in [9.17, 15) is 24.8 Å². The zero-order valence-corrected chi connectivity index (χ0v) is 18.8.